The van der Waals surface area contributed by atoms with Crippen molar-refractivity contribution in [1.82, 2.24) is 9.97 Å². The highest BCUT2D eigenvalue weighted by Crippen LogP contribution is 2.20. The van der Waals surface area contributed by atoms with Gasteiger partial charge in [-0.2, -0.15) is 0 Å². The SMILES string of the molecule is CC(N)(C(=O)Nc1nc2ccccc2[nH]1)c1ccccc1. The highest BCUT2D eigenvalue weighted by atomic mass is 16.2. The van der Waals surface area contributed by atoms with Crippen LogP contribution < -0.4 is 11.1 Å². The molecule has 1 amide bonds. The van der Waals surface area contributed by atoms with Gasteiger partial charge in [-0.05, 0) is 24.6 Å². The number of nitrogens with zero attached hydrogens (tertiary/aromatic N) is 1. The lowest BCUT2D eigenvalue weighted by Gasteiger charge is -2.23. The standard InChI is InChI=1S/C16H16N4O/c1-16(17,11-7-3-2-4-8-11)14(21)20-15-18-12-9-5-6-10-13(12)19-15/h2-10H,17H2,1H3,(H2,18,19,20,21). The van der Waals surface area contributed by atoms with Crippen molar-refractivity contribution in [3.63, 3.8) is 0 Å². The molecule has 2 aromatic carbocycles. The van der Waals surface area contributed by atoms with Gasteiger partial charge in [-0.1, -0.05) is 42.5 Å². The summed E-state index contributed by atoms with van der Waals surface area (Å²) < 4.78 is 0. The topological polar surface area (TPSA) is 83.8 Å². The monoisotopic (exact) mass is 280 g/mol. The van der Waals surface area contributed by atoms with Gasteiger partial charge >= 0.3 is 0 Å². The molecule has 0 spiro atoms. The zero-order valence-electron chi connectivity index (χ0n) is 11.6. The maximum Gasteiger partial charge on any atom is 0.251 e. The first-order valence-electron chi connectivity index (χ1n) is 6.68. The summed E-state index contributed by atoms with van der Waals surface area (Å²) in [4.78, 5) is 19.8. The van der Waals surface area contributed by atoms with Crippen LogP contribution in [0.2, 0.25) is 0 Å². The van der Waals surface area contributed by atoms with E-state index in [4.69, 9.17) is 5.73 Å². The number of aromatic amines is 1. The first-order valence-corrected chi connectivity index (χ1v) is 6.68. The number of hydrogen-bond donors (Lipinski definition) is 3. The largest absolute Gasteiger partial charge is 0.324 e. The van der Waals surface area contributed by atoms with Gasteiger partial charge in [-0.15, -0.1) is 0 Å². The Labute approximate surface area is 122 Å². The van der Waals surface area contributed by atoms with Crippen molar-refractivity contribution in [3.05, 3.63) is 60.2 Å². The number of fused-ring (bicyclic) bond motifs is 1. The van der Waals surface area contributed by atoms with Crippen LogP contribution in [0.3, 0.4) is 0 Å². The number of para-hydroxylation sites is 2. The number of carbonyl (C=O) groups is 1. The number of benzene rings is 2. The number of nitrogens with one attached hydrogen (secondary N) is 2. The molecule has 1 unspecified atom stereocenters. The number of amides is 1. The minimum absolute atomic E-state index is 0.312. The van der Waals surface area contributed by atoms with Crippen LogP contribution in [0.4, 0.5) is 5.95 Å². The summed E-state index contributed by atoms with van der Waals surface area (Å²) in [5.41, 5.74) is 7.46. The average Bonchev–Trinajstić information content (AvgIpc) is 2.90. The molecular formula is C16H16N4O. The van der Waals surface area contributed by atoms with Crippen LogP contribution in [-0.4, -0.2) is 15.9 Å². The molecule has 5 nitrogen and oxygen atoms in total. The van der Waals surface area contributed by atoms with Crippen LogP contribution in [0.5, 0.6) is 0 Å². The molecule has 1 heterocycles. The summed E-state index contributed by atoms with van der Waals surface area (Å²) >= 11 is 0. The van der Waals surface area contributed by atoms with E-state index < -0.39 is 5.54 Å². The summed E-state index contributed by atoms with van der Waals surface area (Å²) in [5, 5.41) is 2.74. The van der Waals surface area contributed by atoms with Crippen LogP contribution in [0.1, 0.15) is 12.5 Å². The molecule has 1 atom stereocenters. The molecular weight excluding hydrogens is 264 g/mol. The average molecular weight is 280 g/mol. The van der Waals surface area contributed by atoms with Crippen molar-refractivity contribution >= 4 is 22.9 Å². The van der Waals surface area contributed by atoms with Gasteiger partial charge in [0.25, 0.3) is 5.91 Å². The molecule has 4 N–H and O–H groups in total. The number of H-pyrrole nitrogens is 1. The number of anilines is 1. The number of nitrogens with two attached hydrogens (primary N) is 1. The molecule has 0 radical (unpaired) electrons. The molecule has 106 valence electrons. The highest BCUT2D eigenvalue weighted by Gasteiger charge is 2.30. The van der Waals surface area contributed by atoms with Gasteiger partial charge in [-0.25, -0.2) is 4.98 Å². The molecule has 0 saturated carbocycles. The lowest BCUT2D eigenvalue weighted by molar-refractivity contribution is -0.120. The van der Waals surface area contributed by atoms with Crippen LogP contribution in [0.25, 0.3) is 11.0 Å². The van der Waals surface area contributed by atoms with Gasteiger partial charge in [0.05, 0.1) is 11.0 Å². The quantitative estimate of drug-likeness (QED) is 0.688. The van der Waals surface area contributed by atoms with E-state index in [-0.39, 0.29) is 5.91 Å². The summed E-state index contributed by atoms with van der Waals surface area (Å²) in [6, 6.07) is 16.8. The van der Waals surface area contributed by atoms with Gasteiger partial charge in [0, 0.05) is 0 Å². The molecule has 0 bridgehead atoms. The van der Waals surface area contributed by atoms with Crippen LogP contribution >= 0.6 is 0 Å². The van der Waals surface area contributed by atoms with Crippen molar-refractivity contribution in [2.45, 2.75) is 12.5 Å². The van der Waals surface area contributed by atoms with E-state index in [0.29, 0.717) is 5.95 Å². The first kappa shape index (κ1) is 13.3. The molecule has 3 aromatic rings. The number of rotatable bonds is 3. The van der Waals surface area contributed by atoms with Crippen molar-refractivity contribution < 1.29 is 4.79 Å². The molecule has 21 heavy (non-hydrogen) atoms. The summed E-state index contributed by atoms with van der Waals surface area (Å²) in [6.45, 7) is 1.68. The second kappa shape index (κ2) is 5.03. The molecule has 1 aromatic heterocycles. The van der Waals surface area contributed by atoms with E-state index in [0.717, 1.165) is 16.6 Å². The second-order valence-electron chi connectivity index (χ2n) is 5.13. The van der Waals surface area contributed by atoms with E-state index >= 15 is 0 Å². The van der Waals surface area contributed by atoms with Crippen molar-refractivity contribution in [2.24, 2.45) is 5.73 Å². The van der Waals surface area contributed by atoms with E-state index in [9.17, 15) is 4.79 Å². The summed E-state index contributed by atoms with van der Waals surface area (Å²) in [7, 11) is 0. The Kier molecular flexibility index (Phi) is 3.19. The Morgan fingerprint density at radius 3 is 2.52 bits per heavy atom. The third-order valence-corrected chi connectivity index (χ3v) is 3.47. The van der Waals surface area contributed by atoms with E-state index in [2.05, 4.69) is 15.3 Å². The lowest BCUT2D eigenvalue weighted by Crippen LogP contribution is -2.45. The van der Waals surface area contributed by atoms with E-state index in [1.165, 1.54) is 0 Å². The molecule has 5 heteroatoms. The number of aromatic nitrogens is 2. The van der Waals surface area contributed by atoms with Crippen LogP contribution in [0.15, 0.2) is 54.6 Å². The normalized spacial score (nSPS) is 13.8. The molecule has 0 saturated heterocycles. The van der Waals surface area contributed by atoms with Gasteiger partial charge < -0.3 is 10.7 Å². The zero-order valence-corrected chi connectivity index (χ0v) is 11.6. The first-order chi connectivity index (χ1) is 10.1. The zero-order chi connectivity index (χ0) is 14.9. The molecule has 0 aliphatic rings. The Morgan fingerprint density at radius 1 is 1.14 bits per heavy atom. The Morgan fingerprint density at radius 2 is 1.81 bits per heavy atom. The van der Waals surface area contributed by atoms with Crippen LogP contribution in [0, 0.1) is 0 Å². The minimum atomic E-state index is -1.12. The van der Waals surface area contributed by atoms with Crippen molar-refractivity contribution in [1.29, 1.82) is 0 Å². The molecule has 0 fully saturated rings. The minimum Gasteiger partial charge on any atom is -0.324 e. The molecule has 0 aliphatic heterocycles. The fraction of sp³-hybridized carbons (Fsp3) is 0.125. The van der Waals surface area contributed by atoms with Crippen molar-refractivity contribution in [2.75, 3.05) is 5.32 Å². The fourth-order valence-electron chi connectivity index (χ4n) is 2.16. The molecule has 0 aliphatic carbocycles. The van der Waals surface area contributed by atoms with Gasteiger partial charge in [0.1, 0.15) is 5.54 Å². The fourth-order valence-corrected chi connectivity index (χ4v) is 2.16. The number of imidazole rings is 1. The highest BCUT2D eigenvalue weighted by molar-refractivity contribution is 5.98. The Bertz CT molecular complexity index is 744. The maximum atomic E-state index is 12.4. The predicted molar refractivity (Wildman–Crippen MR) is 82.7 cm³/mol. The smallest absolute Gasteiger partial charge is 0.251 e. The maximum absolute atomic E-state index is 12.4. The van der Waals surface area contributed by atoms with Crippen molar-refractivity contribution in [3.8, 4) is 0 Å². The lowest BCUT2D eigenvalue weighted by atomic mass is 9.92. The van der Waals surface area contributed by atoms with Gasteiger partial charge in [0.15, 0.2) is 0 Å². The second-order valence-corrected chi connectivity index (χ2v) is 5.13. The summed E-state index contributed by atoms with van der Waals surface area (Å²) in [5.74, 6) is 0.0848. The summed E-state index contributed by atoms with van der Waals surface area (Å²) in [6.07, 6.45) is 0. The van der Waals surface area contributed by atoms with E-state index in [1.807, 2.05) is 54.6 Å². The Hall–Kier alpha value is -2.66. The van der Waals surface area contributed by atoms with E-state index in [1.54, 1.807) is 6.92 Å². The molecule has 3 rings (SSSR count). The van der Waals surface area contributed by atoms with Gasteiger partial charge in [-0.3, -0.25) is 10.1 Å². The predicted octanol–water partition coefficient (Wildman–Crippen LogP) is 2.38. The number of carbonyl (C=O) groups excluding carboxylic acids is 1. The van der Waals surface area contributed by atoms with Gasteiger partial charge in [0.2, 0.25) is 5.95 Å². The third kappa shape index (κ3) is 2.51. The third-order valence-electron chi connectivity index (χ3n) is 3.47. The number of hydrogen-bond acceptors (Lipinski definition) is 3. The Balaban J connectivity index is 1.85. The van der Waals surface area contributed by atoms with Crippen LogP contribution in [-0.2, 0) is 10.3 Å².